The number of nitrogens with one attached hydrogen (secondary N) is 1. The topological polar surface area (TPSA) is 101 Å². The molecule has 0 bridgehead atoms. The number of likely N-dealkylation sites (tertiary alicyclic amines) is 1. The molecule has 0 aromatic carbocycles. The second kappa shape index (κ2) is 7.84. The number of hydrogen-bond acceptors (Lipinski definition) is 7. The van der Waals surface area contributed by atoms with Crippen molar-refractivity contribution in [3.8, 4) is 0 Å². The van der Waals surface area contributed by atoms with Gasteiger partial charge in [-0.3, -0.25) is 10.1 Å². The first-order chi connectivity index (χ1) is 13.2. The fourth-order valence-corrected chi connectivity index (χ4v) is 3.59. The fourth-order valence-electron chi connectivity index (χ4n) is 3.59. The van der Waals surface area contributed by atoms with Crippen LogP contribution >= 0.6 is 0 Å². The van der Waals surface area contributed by atoms with Gasteiger partial charge in [-0.05, 0) is 31.4 Å². The molecule has 0 unspecified atom stereocenters. The van der Waals surface area contributed by atoms with Gasteiger partial charge in [0.15, 0.2) is 0 Å². The van der Waals surface area contributed by atoms with Crippen LogP contribution in [0.5, 0.6) is 0 Å². The minimum atomic E-state index is -0.255. The van der Waals surface area contributed by atoms with Crippen LogP contribution in [0.3, 0.4) is 0 Å². The number of aliphatic hydroxyl groups is 1. The molecule has 0 radical (unpaired) electrons. The van der Waals surface area contributed by atoms with Crippen LogP contribution in [-0.2, 0) is 24.3 Å². The number of amides is 1. The van der Waals surface area contributed by atoms with Crippen LogP contribution in [0.2, 0.25) is 0 Å². The highest BCUT2D eigenvalue weighted by atomic mass is 16.5. The lowest BCUT2D eigenvalue weighted by atomic mass is 9.91. The van der Waals surface area contributed by atoms with Gasteiger partial charge in [-0.25, -0.2) is 0 Å². The molecular formula is C19H25N3O5. The van der Waals surface area contributed by atoms with Crippen molar-refractivity contribution in [2.75, 3.05) is 26.3 Å². The molecule has 27 heavy (non-hydrogen) atoms. The van der Waals surface area contributed by atoms with E-state index < -0.39 is 0 Å². The Bertz CT molecular complexity index is 774. The Morgan fingerprint density at radius 1 is 1.22 bits per heavy atom. The lowest BCUT2D eigenvalue weighted by Crippen LogP contribution is -2.61. The molecule has 8 heteroatoms. The summed E-state index contributed by atoms with van der Waals surface area (Å²) in [5.41, 5.74) is 0.482. The molecule has 8 nitrogen and oxygen atoms in total. The zero-order valence-corrected chi connectivity index (χ0v) is 15.3. The van der Waals surface area contributed by atoms with Crippen LogP contribution in [0.15, 0.2) is 27.1 Å². The highest BCUT2D eigenvalue weighted by Gasteiger charge is 2.39. The zero-order valence-electron chi connectivity index (χ0n) is 15.3. The molecule has 2 aliphatic heterocycles. The van der Waals surface area contributed by atoms with Crippen LogP contribution in [0, 0.1) is 0 Å². The van der Waals surface area contributed by atoms with Crippen molar-refractivity contribution in [3.63, 3.8) is 0 Å². The van der Waals surface area contributed by atoms with Gasteiger partial charge < -0.3 is 23.7 Å². The number of aliphatic hydroxyl groups excluding tert-OH is 1. The Kier molecular flexibility index (Phi) is 5.29. The number of hydrogen-bond donors (Lipinski definition) is 2. The molecule has 2 N–H and O–H groups in total. The van der Waals surface area contributed by atoms with Gasteiger partial charge in [-0.15, -0.1) is 0 Å². The van der Waals surface area contributed by atoms with Gasteiger partial charge in [0.1, 0.15) is 18.1 Å². The van der Waals surface area contributed by atoms with Gasteiger partial charge in [0.2, 0.25) is 5.76 Å². The van der Waals surface area contributed by atoms with Gasteiger partial charge in [-0.1, -0.05) is 5.16 Å². The third-order valence-electron chi connectivity index (χ3n) is 5.20. The lowest BCUT2D eigenvalue weighted by Gasteiger charge is -2.41. The molecule has 2 aromatic heterocycles. The molecule has 2 fully saturated rings. The molecular weight excluding hydrogens is 350 g/mol. The predicted octanol–water partition coefficient (Wildman–Crippen LogP) is 1.49. The van der Waals surface area contributed by atoms with E-state index in [0.717, 1.165) is 37.4 Å². The number of carbonyl (C=O) groups excluding carboxylic acids is 1. The standard InChI is InChI=1S/C19H25N3O5/c23-11-16-5-4-15(26-16)10-20-19(12-25-13-19)9-14-8-17(27-21-14)18(24)22-6-2-1-3-7-22/h4-5,8,20,23H,1-3,6-7,9-13H2. The number of nitrogens with zero attached hydrogens (tertiary/aromatic N) is 2. The summed E-state index contributed by atoms with van der Waals surface area (Å²) in [6.07, 6.45) is 3.87. The van der Waals surface area contributed by atoms with Crippen molar-refractivity contribution in [1.29, 1.82) is 0 Å². The monoisotopic (exact) mass is 375 g/mol. The van der Waals surface area contributed by atoms with Crippen LogP contribution in [-0.4, -0.2) is 52.9 Å². The molecule has 0 aliphatic carbocycles. The molecule has 0 atom stereocenters. The van der Waals surface area contributed by atoms with E-state index in [4.69, 9.17) is 18.8 Å². The number of piperidine rings is 1. The van der Waals surface area contributed by atoms with Crippen molar-refractivity contribution in [1.82, 2.24) is 15.4 Å². The summed E-state index contributed by atoms with van der Waals surface area (Å²) >= 11 is 0. The maximum atomic E-state index is 12.5. The second-order valence-electron chi connectivity index (χ2n) is 7.36. The smallest absolute Gasteiger partial charge is 0.292 e. The number of aromatic nitrogens is 1. The highest BCUT2D eigenvalue weighted by Crippen LogP contribution is 2.24. The normalized spacial score (nSPS) is 19.1. The van der Waals surface area contributed by atoms with Crippen molar-refractivity contribution in [2.24, 2.45) is 0 Å². The number of furan rings is 1. The van der Waals surface area contributed by atoms with E-state index >= 15 is 0 Å². The van der Waals surface area contributed by atoms with Gasteiger partial charge in [0, 0.05) is 25.6 Å². The zero-order chi connectivity index (χ0) is 18.7. The molecule has 0 spiro atoms. The molecule has 1 amide bonds. The lowest BCUT2D eigenvalue weighted by molar-refractivity contribution is -0.0762. The maximum Gasteiger partial charge on any atom is 0.292 e. The quantitative estimate of drug-likeness (QED) is 0.756. The third kappa shape index (κ3) is 4.07. The Hall–Kier alpha value is -2.16. The summed E-state index contributed by atoms with van der Waals surface area (Å²) < 4.78 is 16.2. The van der Waals surface area contributed by atoms with Crippen molar-refractivity contribution < 1.29 is 23.6 Å². The van der Waals surface area contributed by atoms with E-state index in [1.54, 1.807) is 12.1 Å². The van der Waals surface area contributed by atoms with E-state index in [1.165, 1.54) is 6.42 Å². The van der Waals surface area contributed by atoms with Crippen LogP contribution in [0.25, 0.3) is 0 Å². The number of ether oxygens (including phenoxy) is 1. The average molecular weight is 375 g/mol. The van der Waals surface area contributed by atoms with Crippen molar-refractivity contribution >= 4 is 5.91 Å². The Labute approximate surface area is 157 Å². The van der Waals surface area contributed by atoms with Gasteiger partial charge in [0.25, 0.3) is 5.91 Å². The van der Waals surface area contributed by atoms with Crippen molar-refractivity contribution in [3.05, 3.63) is 41.2 Å². The third-order valence-corrected chi connectivity index (χ3v) is 5.20. The van der Waals surface area contributed by atoms with Crippen molar-refractivity contribution in [2.45, 2.75) is 44.4 Å². The minimum Gasteiger partial charge on any atom is -0.462 e. The summed E-state index contributed by atoms with van der Waals surface area (Å²) in [5.74, 6) is 1.53. The summed E-state index contributed by atoms with van der Waals surface area (Å²) in [4.78, 5) is 14.4. The Balaban J connectivity index is 1.36. The SMILES string of the molecule is O=C(c1cc(CC2(NCc3ccc(CO)o3)COC2)no1)N1CCCCC1. The van der Waals surface area contributed by atoms with Gasteiger partial charge in [0.05, 0.1) is 31.0 Å². The molecule has 2 aromatic rings. The molecule has 4 rings (SSSR count). The van der Waals surface area contributed by atoms with Crippen LogP contribution < -0.4 is 5.32 Å². The molecule has 2 aliphatic rings. The number of rotatable bonds is 7. The first-order valence-electron chi connectivity index (χ1n) is 9.44. The Morgan fingerprint density at radius 3 is 2.67 bits per heavy atom. The largest absolute Gasteiger partial charge is 0.462 e. The molecule has 4 heterocycles. The maximum absolute atomic E-state index is 12.5. The van der Waals surface area contributed by atoms with E-state index in [1.807, 2.05) is 11.0 Å². The summed E-state index contributed by atoms with van der Waals surface area (Å²) in [7, 11) is 0. The van der Waals surface area contributed by atoms with E-state index in [-0.39, 0.29) is 18.1 Å². The second-order valence-corrected chi connectivity index (χ2v) is 7.36. The summed E-state index contributed by atoms with van der Waals surface area (Å²) in [6.45, 7) is 3.10. The first-order valence-corrected chi connectivity index (χ1v) is 9.44. The average Bonchev–Trinajstić information content (AvgIpc) is 3.33. The predicted molar refractivity (Wildman–Crippen MR) is 95.0 cm³/mol. The fraction of sp³-hybridized carbons (Fsp3) is 0.579. The number of carbonyl (C=O) groups is 1. The van der Waals surface area contributed by atoms with Crippen LogP contribution in [0.1, 0.15) is 47.0 Å². The molecule has 0 saturated carbocycles. The molecule has 146 valence electrons. The van der Waals surface area contributed by atoms with E-state index in [2.05, 4.69) is 10.5 Å². The highest BCUT2D eigenvalue weighted by molar-refractivity contribution is 5.91. The summed E-state index contributed by atoms with van der Waals surface area (Å²) in [6, 6.07) is 5.35. The van der Waals surface area contributed by atoms with Gasteiger partial charge in [-0.2, -0.15) is 0 Å². The minimum absolute atomic E-state index is 0.0764. The summed E-state index contributed by atoms with van der Waals surface area (Å²) in [5, 5.41) is 16.6. The van der Waals surface area contributed by atoms with E-state index in [0.29, 0.717) is 37.7 Å². The van der Waals surface area contributed by atoms with Crippen LogP contribution in [0.4, 0.5) is 0 Å². The Morgan fingerprint density at radius 2 is 2.00 bits per heavy atom. The molecule has 2 saturated heterocycles. The first kappa shape index (κ1) is 18.2. The van der Waals surface area contributed by atoms with Gasteiger partial charge >= 0.3 is 0 Å². The van der Waals surface area contributed by atoms with E-state index in [9.17, 15) is 4.79 Å².